The monoisotopic (exact) mass is 269 g/mol. The minimum absolute atomic E-state index is 0.143. The van der Waals surface area contributed by atoms with E-state index in [9.17, 15) is 5.11 Å². The van der Waals surface area contributed by atoms with Crippen molar-refractivity contribution in [3.05, 3.63) is 42.1 Å². The van der Waals surface area contributed by atoms with Gasteiger partial charge in [0.1, 0.15) is 5.82 Å². The van der Waals surface area contributed by atoms with Gasteiger partial charge in [-0.05, 0) is 50.8 Å². The Bertz CT molecular complexity index is 578. The van der Waals surface area contributed by atoms with Crippen molar-refractivity contribution in [1.29, 1.82) is 0 Å². The van der Waals surface area contributed by atoms with Crippen molar-refractivity contribution in [2.24, 2.45) is 0 Å². The van der Waals surface area contributed by atoms with E-state index < -0.39 is 0 Å². The lowest BCUT2D eigenvalue weighted by molar-refractivity contribution is 0.121. The summed E-state index contributed by atoms with van der Waals surface area (Å²) < 4.78 is 0. The van der Waals surface area contributed by atoms with E-state index in [1.165, 1.54) is 0 Å². The molecular weight excluding hydrogens is 250 g/mol. The lowest BCUT2D eigenvalue weighted by Gasteiger charge is -2.24. The Hall–Kier alpha value is -1.81. The van der Waals surface area contributed by atoms with Crippen molar-refractivity contribution < 1.29 is 5.11 Å². The molecule has 20 heavy (non-hydrogen) atoms. The molecule has 2 heterocycles. The second-order valence-corrected chi connectivity index (χ2v) is 5.49. The van der Waals surface area contributed by atoms with Gasteiger partial charge in [0.2, 0.25) is 0 Å². The Morgan fingerprint density at radius 1 is 1.05 bits per heavy atom. The number of nitrogens with zero attached hydrogens (tertiary/aromatic N) is 3. The summed E-state index contributed by atoms with van der Waals surface area (Å²) in [5.41, 5.74) is 3.02. The van der Waals surface area contributed by atoms with Crippen LogP contribution in [-0.4, -0.2) is 26.2 Å². The zero-order chi connectivity index (χ0) is 13.9. The van der Waals surface area contributed by atoms with E-state index in [1.807, 2.05) is 25.1 Å². The van der Waals surface area contributed by atoms with Crippen molar-refractivity contribution in [3.63, 3.8) is 0 Å². The van der Waals surface area contributed by atoms with E-state index in [4.69, 9.17) is 4.98 Å². The first-order chi connectivity index (χ1) is 9.72. The van der Waals surface area contributed by atoms with Gasteiger partial charge >= 0.3 is 0 Å². The van der Waals surface area contributed by atoms with Crippen LogP contribution in [0.3, 0.4) is 0 Å². The van der Waals surface area contributed by atoms with Gasteiger partial charge in [-0.3, -0.25) is 4.98 Å². The first-order valence-electron chi connectivity index (χ1n) is 7.16. The van der Waals surface area contributed by atoms with E-state index >= 15 is 0 Å². The molecule has 0 aromatic carbocycles. The van der Waals surface area contributed by atoms with Crippen LogP contribution < -0.4 is 0 Å². The fraction of sp³-hybridized carbons (Fsp3) is 0.438. The maximum Gasteiger partial charge on any atom is 0.132 e. The second kappa shape index (κ2) is 5.67. The molecule has 0 spiro atoms. The normalized spacial score (nSPS) is 22.7. The highest BCUT2D eigenvalue weighted by Crippen LogP contribution is 2.32. The number of rotatable bonds is 2. The van der Waals surface area contributed by atoms with Gasteiger partial charge in [-0.15, -0.1) is 0 Å². The predicted molar refractivity (Wildman–Crippen MR) is 77.2 cm³/mol. The molecule has 0 bridgehead atoms. The van der Waals surface area contributed by atoms with Gasteiger partial charge in [0.25, 0.3) is 0 Å². The zero-order valence-corrected chi connectivity index (χ0v) is 11.7. The number of aromatic nitrogens is 3. The van der Waals surface area contributed by atoms with Gasteiger partial charge in [0, 0.05) is 29.6 Å². The van der Waals surface area contributed by atoms with Crippen LogP contribution in [-0.2, 0) is 0 Å². The topological polar surface area (TPSA) is 58.9 Å². The van der Waals surface area contributed by atoms with Crippen molar-refractivity contribution >= 4 is 0 Å². The smallest absolute Gasteiger partial charge is 0.132 e. The Morgan fingerprint density at radius 3 is 2.45 bits per heavy atom. The maximum absolute atomic E-state index is 9.61. The molecule has 0 radical (unpaired) electrons. The number of pyridine rings is 1. The molecule has 3 rings (SSSR count). The van der Waals surface area contributed by atoms with Crippen LogP contribution in [0.4, 0.5) is 0 Å². The summed E-state index contributed by atoms with van der Waals surface area (Å²) in [4.78, 5) is 13.4. The van der Waals surface area contributed by atoms with E-state index in [0.717, 1.165) is 48.5 Å². The van der Waals surface area contributed by atoms with Crippen LogP contribution in [0.5, 0.6) is 0 Å². The molecular formula is C16H19N3O. The SMILES string of the molecule is Cc1cc(-c2ccncc2)nc(C2CCC(O)CC2)n1. The first kappa shape index (κ1) is 13.2. The van der Waals surface area contributed by atoms with Gasteiger partial charge in [-0.25, -0.2) is 9.97 Å². The summed E-state index contributed by atoms with van der Waals surface area (Å²) in [6.07, 6.45) is 7.07. The first-order valence-corrected chi connectivity index (χ1v) is 7.16. The fourth-order valence-corrected chi connectivity index (χ4v) is 2.78. The lowest BCUT2D eigenvalue weighted by atomic mass is 9.87. The van der Waals surface area contributed by atoms with Crippen molar-refractivity contribution in [2.75, 3.05) is 0 Å². The van der Waals surface area contributed by atoms with Gasteiger partial charge in [-0.2, -0.15) is 0 Å². The largest absolute Gasteiger partial charge is 0.393 e. The predicted octanol–water partition coefficient (Wildman–Crippen LogP) is 2.87. The minimum Gasteiger partial charge on any atom is -0.393 e. The highest BCUT2D eigenvalue weighted by molar-refractivity contribution is 5.58. The minimum atomic E-state index is -0.143. The summed E-state index contributed by atoms with van der Waals surface area (Å²) in [5.74, 6) is 1.29. The average Bonchev–Trinajstić information content (AvgIpc) is 2.48. The Balaban J connectivity index is 1.91. The zero-order valence-electron chi connectivity index (χ0n) is 11.7. The van der Waals surface area contributed by atoms with E-state index in [1.54, 1.807) is 12.4 Å². The van der Waals surface area contributed by atoms with Crippen LogP contribution in [0.15, 0.2) is 30.6 Å². The number of hydrogen-bond acceptors (Lipinski definition) is 4. The van der Waals surface area contributed by atoms with Crippen LogP contribution in [0.2, 0.25) is 0 Å². The molecule has 1 aliphatic rings. The number of aryl methyl sites for hydroxylation is 1. The van der Waals surface area contributed by atoms with Gasteiger partial charge in [0.05, 0.1) is 11.8 Å². The molecule has 1 fully saturated rings. The Kier molecular flexibility index (Phi) is 3.74. The lowest BCUT2D eigenvalue weighted by Crippen LogP contribution is -2.18. The molecule has 1 saturated carbocycles. The standard InChI is InChI=1S/C16H19N3O/c1-11-10-15(12-6-8-17-9-7-12)19-16(18-11)13-2-4-14(20)5-3-13/h6-10,13-14,20H,2-5H2,1H3. The molecule has 0 atom stereocenters. The number of hydrogen-bond donors (Lipinski definition) is 1. The maximum atomic E-state index is 9.61. The molecule has 1 N–H and O–H groups in total. The summed E-state index contributed by atoms with van der Waals surface area (Å²) >= 11 is 0. The third-order valence-electron chi connectivity index (χ3n) is 3.91. The quantitative estimate of drug-likeness (QED) is 0.910. The molecule has 0 saturated heterocycles. The summed E-state index contributed by atoms with van der Waals surface area (Å²) in [5, 5.41) is 9.61. The van der Waals surface area contributed by atoms with Crippen molar-refractivity contribution in [1.82, 2.24) is 15.0 Å². The molecule has 1 aliphatic carbocycles. The summed E-state index contributed by atoms with van der Waals surface area (Å²) in [6.45, 7) is 2.01. The molecule has 4 heteroatoms. The van der Waals surface area contributed by atoms with E-state index in [2.05, 4.69) is 9.97 Å². The number of aliphatic hydroxyl groups excluding tert-OH is 1. The van der Waals surface area contributed by atoms with Gasteiger partial charge in [0.15, 0.2) is 0 Å². The van der Waals surface area contributed by atoms with Crippen molar-refractivity contribution in [3.8, 4) is 11.3 Å². The third kappa shape index (κ3) is 2.85. The van der Waals surface area contributed by atoms with E-state index in [-0.39, 0.29) is 6.10 Å². The average molecular weight is 269 g/mol. The number of aliphatic hydroxyl groups is 1. The highest BCUT2D eigenvalue weighted by atomic mass is 16.3. The summed E-state index contributed by atoms with van der Waals surface area (Å²) in [7, 11) is 0. The molecule has 104 valence electrons. The van der Waals surface area contributed by atoms with Gasteiger partial charge < -0.3 is 5.11 Å². The van der Waals surface area contributed by atoms with Crippen LogP contribution in [0.25, 0.3) is 11.3 Å². The van der Waals surface area contributed by atoms with Crippen LogP contribution in [0.1, 0.15) is 43.1 Å². The molecule has 2 aromatic heterocycles. The molecule has 0 amide bonds. The van der Waals surface area contributed by atoms with Crippen LogP contribution in [0, 0.1) is 6.92 Å². The molecule has 4 nitrogen and oxygen atoms in total. The molecule has 2 aromatic rings. The molecule has 0 aliphatic heterocycles. The third-order valence-corrected chi connectivity index (χ3v) is 3.91. The van der Waals surface area contributed by atoms with E-state index in [0.29, 0.717) is 5.92 Å². The highest BCUT2D eigenvalue weighted by Gasteiger charge is 2.23. The molecule has 0 unspecified atom stereocenters. The Labute approximate surface area is 118 Å². The van der Waals surface area contributed by atoms with Crippen molar-refractivity contribution in [2.45, 2.75) is 44.6 Å². The fourth-order valence-electron chi connectivity index (χ4n) is 2.78. The Morgan fingerprint density at radius 2 is 1.75 bits per heavy atom. The second-order valence-electron chi connectivity index (χ2n) is 5.49. The van der Waals surface area contributed by atoms with Gasteiger partial charge in [-0.1, -0.05) is 0 Å². The van der Waals surface area contributed by atoms with Crippen LogP contribution >= 0.6 is 0 Å². The summed E-state index contributed by atoms with van der Waals surface area (Å²) in [6, 6.07) is 5.95.